The van der Waals surface area contributed by atoms with E-state index in [2.05, 4.69) is 30.1 Å². The Labute approximate surface area is 116 Å². The van der Waals surface area contributed by atoms with Gasteiger partial charge < -0.3 is 9.73 Å². The van der Waals surface area contributed by atoms with Gasteiger partial charge in [-0.1, -0.05) is 6.92 Å². The van der Waals surface area contributed by atoms with E-state index < -0.39 is 0 Å². The van der Waals surface area contributed by atoms with Crippen molar-refractivity contribution in [2.45, 2.75) is 64.7 Å². The van der Waals surface area contributed by atoms with Crippen LogP contribution in [0.25, 0.3) is 0 Å². The molecule has 1 aliphatic carbocycles. The van der Waals surface area contributed by atoms with E-state index in [9.17, 15) is 0 Å². The smallest absolute Gasteiger partial charge is 0.122 e. The lowest BCUT2D eigenvalue weighted by molar-refractivity contribution is 0.113. The van der Waals surface area contributed by atoms with Crippen LogP contribution in [0.3, 0.4) is 0 Å². The molecule has 1 aromatic rings. The molecule has 2 fully saturated rings. The summed E-state index contributed by atoms with van der Waals surface area (Å²) in [7, 11) is 0. The van der Waals surface area contributed by atoms with E-state index in [-0.39, 0.29) is 0 Å². The van der Waals surface area contributed by atoms with Crippen LogP contribution in [-0.2, 0) is 13.1 Å². The van der Waals surface area contributed by atoms with Gasteiger partial charge in [-0.05, 0) is 51.1 Å². The molecule has 0 radical (unpaired) electrons. The average Bonchev–Trinajstić information content (AvgIpc) is 3.11. The van der Waals surface area contributed by atoms with Crippen LogP contribution in [0.2, 0.25) is 0 Å². The molecule has 2 atom stereocenters. The molecule has 106 valence electrons. The van der Waals surface area contributed by atoms with Crippen molar-refractivity contribution >= 4 is 0 Å². The molecule has 1 N–H and O–H groups in total. The number of nitrogens with zero attached hydrogens (tertiary/aromatic N) is 1. The quantitative estimate of drug-likeness (QED) is 0.883. The molecule has 0 spiro atoms. The number of piperidine rings is 1. The summed E-state index contributed by atoms with van der Waals surface area (Å²) in [5.41, 5.74) is 1.35. The number of hydrogen-bond donors (Lipinski definition) is 1. The van der Waals surface area contributed by atoms with E-state index in [0.717, 1.165) is 30.8 Å². The average molecular weight is 262 g/mol. The van der Waals surface area contributed by atoms with Crippen molar-refractivity contribution < 1.29 is 4.42 Å². The van der Waals surface area contributed by atoms with Crippen LogP contribution in [0.4, 0.5) is 0 Å². The van der Waals surface area contributed by atoms with Gasteiger partial charge in [0.25, 0.3) is 0 Å². The van der Waals surface area contributed by atoms with Crippen LogP contribution in [0.1, 0.15) is 50.9 Å². The van der Waals surface area contributed by atoms with Crippen molar-refractivity contribution in [3.8, 4) is 0 Å². The second-order valence-electron chi connectivity index (χ2n) is 6.47. The first-order valence-electron chi connectivity index (χ1n) is 7.75. The molecule has 1 aromatic heterocycles. The Morgan fingerprint density at radius 3 is 2.89 bits per heavy atom. The maximum atomic E-state index is 5.71. The lowest BCUT2D eigenvalue weighted by Crippen LogP contribution is -2.39. The monoisotopic (exact) mass is 262 g/mol. The Bertz CT molecular complexity index is 411. The number of furan rings is 1. The van der Waals surface area contributed by atoms with Crippen LogP contribution in [0, 0.1) is 5.92 Å². The predicted octanol–water partition coefficient (Wildman–Crippen LogP) is 3.15. The summed E-state index contributed by atoms with van der Waals surface area (Å²) in [5.74, 6) is 2.04. The van der Waals surface area contributed by atoms with Gasteiger partial charge in [0.15, 0.2) is 0 Å². The van der Waals surface area contributed by atoms with Crippen molar-refractivity contribution in [1.82, 2.24) is 10.2 Å². The van der Waals surface area contributed by atoms with Crippen molar-refractivity contribution in [1.29, 1.82) is 0 Å². The lowest BCUT2D eigenvalue weighted by atomic mass is 9.93. The normalized spacial score (nSPS) is 28.7. The molecule has 1 saturated heterocycles. The molecule has 3 heteroatoms. The van der Waals surface area contributed by atoms with E-state index >= 15 is 0 Å². The summed E-state index contributed by atoms with van der Waals surface area (Å²) in [6.45, 7) is 7.86. The van der Waals surface area contributed by atoms with E-state index in [1.165, 1.54) is 37.8 Å². The minimum absolute atomic E-state index is 0.679. The Morgan fingerprint density at radius 2 is 2.16 bits per heavy atom. The third-order valence-corrected chi connectivity index (χ3v) is 4.62. The molecule has 1 saturated carbocycles. The van der Waals surface area contributed by atoms with Gasteiger partial charge in [0, 0.05) is 24.2 Å². The Morgan fingerprint density at radius 1 is 1.32 bits per heavy atom. The molecular formula is C16H26N2O. The minimum atomic E-state index is 0.679. The summed E-state index contributed by atoms with van der Waals surface area (Å²) < 4.78 is 5.71. The fourth-order valence-electron chi connectivity index (χ4n) is 3.08. The maximum Gasteiger partial charge on any atom is 0.122 e. The molecule has 2 unspecified atom stereocenters. The topological polar surface area (TPSA) is 28.4 Å². The highest BCUT2D eigenvalue weighted by Gasteiger charge is 2.25. The first kappa shape index (κ1) is 13.2. The van der Waals surface area contributed by atoms with Gasteiger partial charge in [0.2, 0.25) is 0 Å². The fourth-order valence-corrected chi connectivity index (χ4v) is 3.08. The van der Waals surface area contributed by atoms with E-state index in [0.29, 0.717) is 6.04 Å². The molecule has 3 nitrogen and oxygen atoms in total. The molecule has 19 heavy (non-hydrogen) atoms. The molecule has 0 aromatic carbocycles. The Hall–Kier alpha value is -0.800. The van der Waals surface area contributed by atoms with E-state index in [1.807, 2.05) is 6.26 Å². The molecule has 0 bridgehead atoms. The first-order chi connectivity index (χ1) is 9.22. The molecule has 2 aliphatic rings. The van der Waals surface area contributed by atoms with Crippen molar-refractivity contribution in [2.75, 3.05) is 6.54 Å². The van der Waals surface area contributed by atoms with Gasteiger partial charge in [-0.3, -0.25) is 4.90 Å². The van der Waals surface area contributed by atoms with Crippen LogP contribution < -0.4 is 5.32 Å². The van der Waals surface area contributed by atoms with Gasteiger partial charge >= 0.3 is 0 Å². The van der Waals surface area contributed by atoms with Crippen LogP contribution in [0.5, 0.6) is 0 Å². The molecule has 2 heterocycles. The zero-order chi connectivity index (χ0) is 13.2. The highest BCUT2D eigenvalue weighted by Crippen LogP contribution is 2.25. The SMILES string of the molecule is CC1CCN(Cc2occc2CNC2CC2)C(C)C1. The van der Waals surface area contributed by atoms with Crippen LogP contribution in [-0.4, -0.2) is 23.5 Å². The predicted molar refractivity (Wildman–Crippen MR) is 76.8 cm³/mol. The van der Waals surface area contributed by atoms with Gasteiger partial charge in [-0.15, -0.1) is 0 Å². The summed E-state index contributed by atoms with van der Waals surface area (Å²) in [4.78, 5) is 2.57. The Balaban J connectivity index is 1.57. The summed E-state index contributed by atoms with van der Waals surface area (Å²) in [6, 6.07) is 3.57. The number of hydrogen-bond acceptors (Lipinski definition) is 3. The highest BCUT2D eigenvalue weighted by molar-refractivity contribution is 5.17. The largest absolute Gasteiger partial charge is 0.468 e. The fraction of sp³-hybridized carbons (Fsp3) is 0.750. The van der Waals surface area contributed by atoms with Gasteiger partial charge in [0.05, 0.1) is 12.8 Å². The second-order valence-corrected chi connectivity index (χ2v) is 6.47. The third kappa shape index (κ3) is 3.40. The van der Waals surface area contributed by atoms with Gasteiger partial charge in [0.1, 0.15) is 5.76 Å². The van der Waals surface area contributed by atoms with Crippen LogP contribution >= 0.6 is 0 Å². The summed E-state index contributed by atoms with van der Waals surface area (Å²) in [6.07, 6.45) is 7.16. The zero-order valence-electron chi connectivity index (χ0n) is 12.2. The van der Waals surface area contributed by atoms with E-state index in [4.69, 9.17) is 4.42 Å². The number of nitrogens with one attached hydrogen (secondary N) is 1. The van der Waals surface area contributed by atoms with Crippen LogP contribution in [0.15, 0.2) is 16.7 Å². The Kier molecular flexibility index (Phi) is 3.94. The third-order valence-electron chi connectivity index (χ3n) is 4.62. The molecular weight excluding hydrogens is 236 g/mol. The minimum Gasteiger partial charge on any atom is -0.468 e. The van der Waals surface area contributed by atoms with E-state index in [1.54, 1.807) is 0 Å². The summed E-state index contributed by atoms with van der Waals surface area (Å²) >= 11 is 0. The van der Waals surface area contributed by atoms with Crippen molar-refractivity contribution in [3.05, 3.63) is 23.7 Å². The number of rotatable bonds is 5. The van der Waals surface area contributed by atoms with Crippen molar-refractivity contribution in [2.24, 2.45) is 5.92 Å². The van der Waals surface area contributed by atoms with Crippen molar-refractivity contribution in [3.63, 3.8) is 0 Å². The first-order valence-corrected chi connectivity index (χ1v) is 7.75. The standard InChI is InChI=1S/C16H26N2O/c1-12-5-7-18(13(2)9-12)11-16-14(6-8-19-16)10-17-15-3-4-15/h6,8,12-13,15,17H,3-5,7,9-11H2,1-2H3. The lowest BCUT2D eigenvalue weighted by Gasteiger charge is -2.36. The molecule has 0 amide bonds. The highest BCUT2D eigenvalue weighted by atomic mass is 16.3. The maximum absolute atomic E-state index is 5.71. The van der Waals surface area contributed by atoms with Gasteiger partial charge in [-0.25, -0.2) is 0 Å². The van der Waals surface area contributed by atoms with Gasteiger partial charge in [-0.2, -0.15) is 0 Å². The summed E-state index contributed by atoms with van der Waals surface area (Å²) in [5, 5.41) is 3.58. The number of likely N-dealkylation sites (tertiary alicyclic amines) is 1. The zero-order valence-corrected chi connectivity index (χ0v) is 12.2. The molecule has 1 aliphatic heterocycles. The second kappa shape index (κ2) is 5.68. The molecule has 3 rings (SSSR count).